The predicted molar refractivity (Wildman–Crippen MR) is 61.6 cm³/mol. The summed E-state index contributed by atoms with van der Waals surface area (Å²) in [5.74, 6) is -0.0251. The minimum atomic E-state index is -0.576. The van der Waals surface area contributed by atoms with Crippen LogP contribution in [-0.2, 0) is 6.54 Å². The monoisotopic (exact) mass is 251 g/mol. The van der Waals surface area contributed by atoms with Crippen LogP contribution in [0.4, 0.5) is 15.8 Å². The average molecular weight is 251 g/mol. The largest absolute Gasteiger partial charge is 0.372 e. The van der Waals surface area contributed by atoms with Crippen molar-refractivity contribution in [3.05, 3.63) is 51.7 Å². The smallest absolute Gasteiger partial charge is 0.292 e. The van der Waals surface area contributed by atoms with Gasteiger partial charge in [-0.05, 0) is 13.0 Å². The van der Waals surface area contributed by atoms with Crippen molar-refractivity contribution in [1.82, 2.24) is 5.16 Å². The molecule has 0 bridgehead atoms. The van der Waals surface area contributed by atoms with Gasteiger partial charge in [0.1, 0.15) is 11.5 Å². The van der Waals surface area contributed by atoms with Gasteiger partial charge in [0.15, 0.2) is 5.76 Å². The van der Waals surface area contributed by atoms with E-state index in [1.807, 2.05) is 0 Å². The number of nitro benzene ring substituents is 1. The van der Waals surface area contributed by atoms with Crippen molar-refractivity contribution in [3.8, 4) is 0 Å². The van der Waals surface area contributed by atoms with E-state index in [0.717, 1.165) is 18.2 Å². The third kappa shape index (κ3) is 2.62. The molecule has 0 aliphatic heterocycles. The lowest BCUT2D eigenvalue weighted by Gasteiger charge is -2.04. The average Bonchev–Trinajstić information content (AvgIpc) is 2.72. The Labute approximate surface area is 102 Å². The van der Waals surface area contributed by atoms with Gasteiger partial charge in [-0.3, -0.25) is 10.1 Å². The fourth-order valence-electron chi connectivity index (χ4n) is 1.49. The summed E-state index contributed by atoms with van der Waals surface area (Å²) in [4.78, 5) is 10.2. The van der Waals surface area contributed by atoms with E-state index in [1.54, 1.807) is 13.0 Å². The lowest BCUT2D eigenvalue weighted by molar-refractivity contribution is -0.384. The number of halogens is 1. The van der Waals surface area contributed by atoms with Gasteiger partial charge in [0.2, 0.25) is 0 Å². The lowest BCUT2D eigenvalue weighted by Crippen LogP contribution is -2.02. The number of nitro groups is 1. The highest BCUT2D eigenvalue weighted by molar-refractivity contribution is 5.61. The van der Waals surface area contributed by atoms with E-state index in [0.29, 0.717) is 11.5 Å². The number of aromatic nitrogens is 1. The van der Waals surface area contributed by atoms with Crippen molar-refractivity contribution >= 4 is 11.4 Å². The van der Waals surface area contributed by atoms with Crippen LogP contribution >= 0.6 is 0 Å². The van der Waals surface area contributed by atoms with E-state index in [-0.39, 0.29) is 17.9 Å². The van der Waals surface area contributed by atoms with Gasteiger partial charge in [0, 0.05) is 18.2 Å². The molecule has 0 saturated carbocycles. The van der Waals surface area contributed by atoms with Crippen LogP contribution in [0.5, 0.6) is 0 Å². The molecule has 0 spiro atoms. The van der Waals surface area contributed by atoms with Crippen molar-refractivity contribution in [3.63, 3.8) is 0 Å². The number of nitrogens with zero attached hydrogens (tertiary/aromatic N) is 2. The molecule has 0 radical (unpaired) electrons. The van der Waals surface area contributed by atoms with E-state index in [1.165, 1.54) is 0 Å². The molecule has 0 aliphatic rings. The Hall–Kier alpha value is -2.44. The maximum absolute atomic E-state index is 13.0. The molecule has 2 rings (SSSR count). The fourth-order valence-corrected chi connectivity index (χ4v) is 1.49. The van der Waals surface area contributed by atoms with Crippen molar-refractivity contribution in [2.24, 2.45) is 0 Å². The molecule has 0 aliphatic carbocycles. The number of aryl methyl sites for hydroxylation is 1. The topological polar surface area (TPSA) is 81.2 Å². The maximum atomic E-state index is 13.0. The maximum Gasteiger partial charge on any atom is 0.292 e. The molecule has 94 valence electrons. The second kappa shape index (κ2) is 4.82. The Bertz CT molecular complexity index is 583. The summed E-state index contributed by atoms with van der Waals surface area (Å²) in [7, 11) is 0. The van der Waals surface area contributed by atoms with Crippen LogP contribution in [0.3, 0.4) is 0 Å². The fraction of sp³-hybridized carbons (Fsp3) is 0.182. The van der Waals surface area contributed by atoms with Gasteiger partial charge in [0.05, 0.1) is 17.2 Å². The second-order valence-corrected chi connectivity index (χ2v) is 3.71. The highest BCUT2D eigenvalue weighted by Gasteiger charge is 2.14. The van der Waals surface area contributed by atoms with Gasteiger partial charge in [-0.1, -0.05) is 5.16 Å². The number of nitrogens with one attached hydrogen (secondary N) is 1. The minimum Gasteiger partial charge on any atom is -0.372 e. The molecular formula is C11H10FN3O3. The molecular weight excluding hydrogens is 241 g/mol. The molecule has 1 heterocycles. The Balaban J connectivity index is 2.17. The van der Waals surface area contributed by atoms with E-state index < -0.39 is 10.7 Å². The molecule has 0 atom stereocenters. The molecule has 0 saturated heterocycles. The van der Waals surface area contributed by atoms with E-state index in [4.69, 9.17) is 4.52 Å². The first kappa shape index (κ1) is 12.0. The molecule has 7 heteroatoms. The summed E-state index contributed by atoms with van der Waals surface area (Å²) in [5.41, 5.74) is 0.627. The quantitative estimate of drug-likeness (QED) is 0.667. The zero-order valence-corrected chi connectivity index (χ0v) is 9.51. The summed E-state index contributed by atoms with van der Waals surface area (Å²) >= 11 is 0. The molecule has 18 heavy (non-hydrogen) atoms. The normalized spacial score (nSPS) is 10.3. The summed E-state index contributed by atoms with van der Waals surface area (Å²) < 4.78 is 18.0. The standard InChI is InChI=1S/C11H10FN3O3/c1-7-4-9(18-14-7)6-13-10-5-8(12)2-3-11(10)15(16)17/h2-5,13H,6H2,1H3. The van der Waals surface area contributed by atoms with E-state index >= 15 is 0 Å². The molecule has 1 N–H and O–H groups in total. The SMILES string of the molecule is Cc1cc(CNc2cc(F)ccc2[N+](=O)[O-])on1. The van der Waals surface area contributed by atoms with Crippen molar-refractivity contribution in [2.45, 2.75) is 13.5 Å². The van der Waals surface area contributed by atoms with Crippen molar-refractivity contribution in [2.75, 3.05) is 5.32 Å². The van der Waals surface area contributed by atoms with E-state index in [2.05, 4.69) is 10.5 Å². The van der Waals surface area contributed by atoms with Crippen LogP contribution in [-0.4, -0.2) is 10.1 Å². The van der Waals surface area contributed by atoms with E-state index in [9.17, 15) is 14.5 Å². The molecule has 1 aromatic carbocycles. The van der Waals surface area contributed by atoms with Gasteiger partial charge in [0.25, 0.3) is 5.69 Å². The van der Waals surface area contributed by atoms with Crippen LogP contribution in [0.15, 0.2) is 28.8 Å². The zero-order valence-electron chi connectivity index (χ0n) is 9.51. The summed E-state index contributed by atoms with van der Waals surface area (Å²) in [6.45, 7) is 1.96. The number of hydrogen-bond acceptors (Lipinski definition) is 5. The second-order valence-electron chi connectivity index (χ2n) is 3.71. The molecule has 0 fully saturated rings. The molecule has 1 aromatic heterocycles. The van der Waals surface area contributed by atoms with Crippen LogP contribution in [0.2, 0.25) is 0 Å². The number of anilines is 1. The van der Waals surface area contributed by atoms with Crippen molar-refractivity contribution < 1.29 is 13.8 Å². The molecule has 2 aromatic rings. The minimum absolute atomic E-state index is 0.106. The van der Waals surface area contributed by atoms with Crippen LogP contribution in [0, 0.1) is 22.9 Å². The number of benzene rings is 1. The first-order chi connectivity index (χ1) is 8.56. The number of rotatable bonds is 4. The summed E-state index contributed by atoms with van der Waals surface area (Å²) in [6, 6.07) is 4.92. The van der Waals surface area contributed by atoms with Crippen LogP contribution in [0.25, 0.3) is 0 Å². The Morgan fingerprint density at radius 3 is 2.89 bits per heavy atom. The predicted octanol–water partition coefficient (Wildman–Crippen LogP) is 2.64. The van der Waals surface area contributed by atoms with Crippen molar-refractivity contribution in [1.29, 1.82) is 0 Å². The number of hydrogen-bond donors (Lipinski definition) is 1. The Kier molecular flexibility index (Phi) is 3.22. The zero-order chi connectivity index (χ0) is 13.1. The van der Waals surface area contributed by atoms with Gasteiger partial charge >= 0.3 is 0 Å². The van der Waals surface area contributed by atoms with Gasteiger partial charge in [-0.2, -0.15) is 0 Å². The molecule has 0 unspecified atom stereocenters. The lowest BCUT2D eigenvalue weighted by atomic mass is 10.2. The highest BCUT2D eigenvalue weighted by atomic mass is 19.1. The Morgan fingerprint density at radius 2 is 2.28 bits per heavy atom. The van der Waals surface area contributed by atoms with Crippen LogP contribution in [0.1, 0.15) is 11.5 Å². The summed E-state index contributed by atoms with van der Waals surface area (Å²) in [5, 5.41) is 17.2. The van der Waals surface area contributed by atoms with Gasteiger partial charge < -0.3 is 9.84 Å². The third-order valence-electron chi connectivity index (χ3n) is 2.29. The van der Waals surface area contributed by atoms with Gasteiger partial charge in [-0.15, -0.1) is 0 Å². The first-order valence-corrected chi connectivity index (χ1v) is 5.16. The molecule has 6 nitrogen and oxygen atoms in total. The third-order valence-corrected chi connectivity index (χ3v) is 2.29. The first-order valence-electron chi connectivity index (χ1n) is 5.16. The summed E-state index contributed by atoms with van der Waals surface area (Å²) in [6.07, 6.45) is 0. The van der Waals surface area contributed by atoms with Crippen LogP contribution < -0.4 is 5.32 Å². The molecule has 0 amide bonds. The Morgan fingerprint density at radius 1 is 1.50 bits per heavy atom. The highest BCUT2D eigenvalue weighted by Crippen LogP contribution is 2.25. The van der Waals surface area contributed by atoms with Gasteiger partial charge in [-0.25, -0.2) is 4.39 Å².